The van der Waals surface area contributed by atoms with Crippen LogP contribution < -0.4 is 11.1 Å². The van der Waals surface area contributed by atoms with Crippen molar-refractivity contribution in [2.75, 3.05) is 50.4 Å². The molecule has 25 heavy (non-hydrogen) atoms. The third-order valence-corrected chi connectivity index (χ3v) is 4.26. The lowest BCUT2D eigenvalue weighted by Crippen LogP contribution is -2.39. The molecule has 8 nitrogen and oxygen atoms in total. The van der Waals surface area contributed by atoms with Crippen LogP contribution in [0.25, 0.3) is 16.7 Å². The second-order valence-corrected chi connectivity index (χ2v) is 5.99. The molecule has 0 radical (unpaired) electrons. The van der Waals surface area contributed by atoms with Gasteiger partial charge in [-0.05, 0) is 18.2 Å². The number of nitrogen functional groups attached to an aromatic ring is 1. The van der Waals surface area contributed by atoms with Gasteiger partial charge in [0.1, 0.15) is 0 Å². The van der Waals surface area contributed by atoms with Gasteiger partial charge >= 0.3 is 0 Å². The maximum atomic E-state index is 5.83. The van der Waals surface area contributed by atoms with Crippen molar-refractivity contribution >= 4 is 22.5 Å². The highest BCUT2D eigenvalue weighted by molar-refractivity contribution is 5.83. The zero-order valence-corrected chi connectivity index (χ0v) is 13.9. The van der Waals surface area contributed by atoms with Gasteiger partial charge in [-0.2, -0.15) is 10.1 Å². The Bertz CT molecular complexity index is 857. The molecule has 1 aliphatic rings. The summed E-state index contributed by atoms with van der Waals surface area (Å²) in [5, 5.41) is 8.69. The largest absolute Gasteiger partial charge is 0.399 e. The van der Waals surface area contributed by atoms with Crippen molar-refractivity contribution in [1.82, 2.24) is 24.6 Å². The van der Waals surface area contributed by atoms with Crippen LogP contribution in [0, 0.1) is 0 Å². The van der Waals surface area contributed by atoms with Crippen LogP contribution >= 0.6 is 0 Å². The molecule has 1 aliphatic heterocycles. The van der Waals surface area contributed by atoms with Gasteiger partial charge in [-0.25, -0.2) is 9.67 Å². The molecule has 3 aromatic rings. The smallest absolute Gasteiger partial charge is 0.224 e. The van der Waals surface area contributed by atoms with Crippen molar-refractivity contribution in [2.24, 2.45) is 0 Å². The predicted molar refractivity (Wildman–Crippen MR) is 96.8 cm³/mol. The Hall–Kier alpha value is -2.71. The first kappa shape index (κ1) is 15.8. The highest BCUT2D eigenvalue weighted by Crippen LogP contribution is 2.19. The van der Waals surface area contributed by atoms with Crippen molar-refractivity contribution < 1.29 is 4.74 Å². The number of nitrogens with zero attached hydrogens (tertiary/aromatic N) is 5. The molecule has 0 aliphatic carbocycles. The van der Waals surface area contributed by atoms with E-state index < -0.39 is 0 Å². The highest BCUT2D eigenvalue weighted by atomic mass is 16.5. The molecule has 130 valence electrons. The van der Waals surface area contributed by atoms with Gasteiger partial charge in [-0.3, -0.25) is 4.90 Å². The summed E-state index contributed by atoms with van der Waals surface area (Å²) >= 11 is 0. The fraction of sp³-hybridized carbons (Fsp3) is 0.353. The van der Waals surface area contributed by atoms with Gasteiger partial charge in [0.05, 0.1) is 24.9 Å². The summed E-state index contributed by atoms with van der Waals surface area (Å²) in [6, 6.07) is 7.56. The molecule has 0 saturated carbocycles. The molecule has 1 saturated heterocycles. The molecule has 1 aromatic carbocycles. The van der Waals surface area contributed by atoms with Crippen LogP contribution in [0.2, 0.25) is 0 Å². The predicted octanol–water partition coefficient (Wildman–Crippen LogP) is 1.14. The molecule has 2 aromatic heterocycles. The van der Waals surface area contributed by atoms with Crippen molar-refractivity contribution in [1.29, 1.82) is 0 Å². The van der Waals surface area contributed by atoms with Crippen LogP contribution in [-0.2, 0) is 4.74 Å². The van der Waals surface area contributed by atoms with E-state index in [4.69, 9.17) is 10.5 Å². The van der Waals surface area contributed by atoms with Gasteiger partial charge in [0.15, 0.2) is 5.82 Å². The third-order valence-electron chi connectivity index (χ3n) is 4.26. The average Bonchev–Trinajstić information content (AvgIpc) is 3.06. The van der Waals surface area contributed by atoms with E-state index in [0.717, 1.165) is 61.8 Å². The SMILES string of the molecule is Nc1ccc2c(cnn2-c2ccnc(NCCN3CCOCC3)n2)c1. The fourth-order valence-electron chi connectivity index (χ4n) is 2.94. The van der Waals surface area contributed by atoms with E-state index in [0.29, 0.717) is 5.95 Å². The highest BCUT2D eigenvalue weighted by Gasteiger charge is 2.10. The first-order chi connectivity index (χ1) is 12.3. The summed E-state index contributed by atoms with van der Waals surface area (Å²) < 4.78 is 7.15. The number of fused-ring (bicyclic) bond motifs is 1. The topological polar surface area (TPSA) is 94.1 Å². The number of rotatable bonds is 5. The molecular formula is C17H21N7O. The van der Waals surface area contributed by atoms with Gasteiger partial charge in [0.25, 0.3) is 0 Å². The van der Waals surface area contributed by atoms with Crippen molar-refractivity contribution in [3.05, 3.63) is 36.7 Å². The van der Waals surface area contributed by atoms with Gasteiger partial charge in [0, 0.05) is 49.5 Å². The monoisotopic (exact) mass is 339 g/mol. The minimum atomic E-state index is 0.602. The molecule has 4 rings (SSSR count). The van der Waals surface area contributed by atoms with E-state index in [1.807, 2.05) is 24.3 Å². The molecule has 0 bridgehead atoms. The average molecular weight is 339 g/mol. The van der Waals surface area contributed by atoms with E-state index in [1.165, 1.54) is 0 Å². The number of aromatic nitrogens is 4. The lowest BCUT2D eigenvalue weighted by molar-refractivity contribution is 0.0398. The maximum Gasteiger partial charge on any atom is 0.224 e. The van der Waals surface area contributed by atoms with E-state index in [1.54, 1.807) is 17.1 Å². The summed E-state index contributed by atoms with van der Waals surface area (Å²) in [5.74, 6) is 1.33. The number of ether oxygens (including phenoxy) is 1. The molecule has 8 heteroatoms. The first-order valence-corrected chi connectivity index (χ1v) is 8.40. The molecule has 1 fully saturated rings. The van der Waals surface area contributed by atoms with Gasteiger partial charge < -0.3 is 15.8 Å². The van der Waals surface area contributed by atoms with Gasteiger partial charge in [-0.15, -0.1) is 0 Å². The number of nitrogens with two attached hydrogens (primary N) is 1. The van der Waals surface area contributed by atoms with E-state index >= 15 is 0 Å². The van der Waals surface area contributed by atoms with Crippen LogP contribution in [0.15, 0.2) is 36.7 Å². The second kappa shape index (κ2) is 7.04. The number of hydrogen-bond acceptors (Lipinski definition) is 7. The Kier molecular flexibility index (Phi) is 4.45. The number of benzene rings is 1. The maximum absolute atomic E-state index is 5.83. The minimum absolute atomic E-state index is 0.602. The quantitative estimate of drug-likeness (QED) is 0.673. The molecule has 0 spiro atoms. The van der Waals surface area contributed by atoms with Gasteiger partial charge in [-0.1, -0.05) is 0 Å². The lowest BCUT2D eigenvalue weighted by Gasteiger charge is -2.26. The minimum Gasteiger partial charge on any atom is -0.399 e. The molecule has 0 unspecified atom stereocenters. The normalized spacial score (nSPS) is 15.5. The molecule has 0 atom stereocenters. The van der Waals surface area contributed by atoms with Crippen molar-refractivity contribution in [3.8, 4) is 5.82 Å². The molecular weight excluding hydrogens is 318 g/mol. The number of hydrogen-bond donors (Lipinski definition) is 2. The zero-order chi connectivity index (χ0) is 17.1. The lowest BCUT2D eigenvalue weighted by atomic mass is 10.2. The zero-order valence-electron chi connectivity index (χ0n) is 13.9. The van der Waals surface area contributed by atoms with Gasteiger partial charge in [0.2, 0.25) is 5.95 Å². The number of nitrogens with one attached hydrogen (secondary N) is 1. The van der Waals surface area contributed by atoms with Crippen molar-refractivity contribution in [3.63, 3.8) is 0 Å². The second-order valence-electron chi connectivity index (χ2n) is 5.99. The van der Waals surface area contributed by atoms with E-state index in [-0.39, 0.29) is 0 Å². The molecule has 3 heterocycles. The van der Waals surface area contributed by atoms with E-state index in [2.05, 4.69) is 25.3 Å². The van der Waals surface area contributed by atoms with Crippen LogP contribution in [0.5, 0.6) is 0 Å². The first-order valence-electron chi connectivity index (χ1n) is 8.40. The fourth-order valence-corrected chi connectivity index (χ4v) is 2.94. The number of anilines is 2. The summed E-state index contributed by atoms with van der Waals surface area (Å²) in [7, 11) is 0. The third kappa shape index (κ3) is 3.54. The summed E-state index contributed by atoms with van der Waals surface area (Å²) in [6.07, 6.45) is 3.53. The van der Waals surface area contributed by atoms with E-state index in [9.17, 15) is 0 Å². The summed E-state index contributed by atoms with van der Waals surface area (Å²) in [5.41, 5.74) is 7.52. The van der Waals surface area contributed by atoms with Crippen molar-refractivity contribution in [2.45, 2.75) is 0 Å². The van der Waals surface area contributed by atoms with Crippen LogP contribution in [0.3, 0.4) is 0 Å². The molecule has 0 amide bonds. The van der Waals surface area contributed by atoms with Crippen LogP contribution in [-0.4, -0.2) is 64.0 Å². The standard InChI is InChI=1S/C17H21N7O/c18-14-1-2-15-13(11-14)12-21-24(15)16-3-4-19-17(22-16)20-5-6-23-7-9-25-10-8-23/h1-4,11-12H,5-10,18H2,(H,19,20,22). The Morgan fingerprint density at radius 1 is 1.20 bits per heavy atom. The number of morpholine rings is 1. The Morgan fingerprint density at radius 3 is 2.96 bits per heavy atom. The van der Waals surface area contributed by atoms with Crippen LogP contribution in [0.4, 0.5) is 11.6 Å². The van der Waals surface area contributed by atoms with Crippen LogP contribution in [0.1, 0.15) is 0 Å². The summed E-state index contributed by atoms with van der Waals surface area (Å²) in [6.45, 7) is 5.31. The summed E-state index contributed by atoms with van der Waals surface area (Å²) in [4.78, 5) is 11.2. The Labute approximate surface area is 145 Å². The Morgan fingerprint density at radius 2 is 2.08 bits per heavy atom. The molecule has 3 N–H and O–H groups in total. The Balaban J connectivity index is 1.47.